The van der Waals surface area contributed by atoms with E-state index in [2.05, 4.69) is 4.98 Å². The molecule has 0 aliphatic heterocycles. The van der Waals surface area contributed by atoms with Gasteiger partial charge in [-0.25, -0.2) is 4.79 Å². The third-order valence-corrected chi connectivity index (χ3v) is 2.35. The highest BCUT2D eigenvalue weighted by molar-refractivity contribution is 5.96. The van der Waals surface area contributed by atoms with E-state index in [1.807, 2.05) is 0 Å². The summed E-state index contributed by atoms with van der Waals surface area (Å²) in [5, 5.41) is 8.97. The number of nitrogen functional groups attached to an aromatic ring is 1. The van der Waals surface area contributed by atoms with Crippen LogP contribution in [0.1, 0.15) is 21.5 Å². The molecule has 0 saturated carbocycles. The van der Waals surface area contributed by atoms with Crippen LogP contribution in [-0.2, 0) is 0 Å². The van der Waals surface area contributed by atoms with E-state index in [9.17, 15) is 4.79 Å². The highest BCUT2D eigenvalue weighted by Crippen LogP contribution is 2.26. The fourth-order valence-electron chi connectivity index (χ4n) is 1.60. The molecule has 0 aliphatic rings. The lowest BCUT2D eigenvalue weighted by atomic mass is 10.0. The molecule has 5 heteroatoms. The summed E-state index contributed by atoms with van der Waals surface area (Å²) in [6.45, 7) is 3.45. The van der Waals surface area contributed by atoms with E-state index in [1.54, 1.807) is 19.9 Å². The van der Waals surface area contributed by atoms with E-state index < -0.39 is 5.97 Å². The lowest BCUT2D eigenvalue weighted by Gasteiger charge is -2.02. The molecule has 0 unspecified atom stereocenters. The largest absolute Gasteiger partial charge is 0.478 e. The Labute approximate surface area is 85.5 Å². The number of fused-ring (bicyclic) bond motifs is 1. The average molecular weight is 206 g/mol. The van der Waals surface area contributed by atoms with Crippen molar-refractivity contribution in [1.29, 1.82) is 0 Å². The monoisotopic (exact) mass is 206 g/mol. The second-order valence-electron chi connectivity index (χ2n) is 3.40. The lowest BCUT2D eigenvalue weighted by molar-refractivity contribution is 0.0696. The second-order valence-corrected chi connectivity index (χ2v) is 3.40. The van der Waals surface area contributed by atoms with Gasteiger partial charge in [0.2, 0.25) is 0 Å². The number of nitrogens with zero attached hydrogens (tertiary/aromatic N) is 1. The number of hydrogen-bond acceptors (Lipinski definition) is 4. The van der Waals surface area contributed by atoms with Crippen LogP contribution in [-0.4, -0.2) is 16.1 Å². The number of aryl methyl sites for hydroxylation is 2. The number of carbonyl (C=O) groups is 1. The number of oxazole rings is 1. The molecule has 3 N–H and O–H groups in total. The molecule has 5 nitrogen and oxygen atoms in total. The minimum Gasteiger partial charge on any atom is -0.478 e. The summed E-state index contributed by atoms with van der Waals surface area (Å²) in [6.07, 6.45) is 0. The fourth-order valence-corrected chi connectivity index (χ4v) is 1.60. The molecule has 0 bridgehead atoms. The van der Waals surface area contributed by atoms with Crippen LogP contribution in [0.4, 0.5) is 6.01 Å². The number of rotatable bonds is 1. The molecule has 1 heterocycles. The topological polar surface area (TPSA) is 89.3 Å². The Morgan fingerprint density at radius 2 is 2.20 bits per heavy atom. The minimum atomic E-state index is -0.973. The molecule has 0 spiro atoms. The van der Waals surface area contributed by atoms with Crippen molar-refractivity contribution in [2.24, 2.45) is 0 Å². The first-order valence-corrected chi connectivity index (χ1v) is 4.40. The molecule has 78 valence electrons. The Balaban J connectivity index is 2.89. The van der Waals surface area contributed by atoms with Crippen LogP contribution in [0, 0.1) is 13.8 Å². The van der Waals surface area contributed by atoms with E-state index in [0.717, 1.165) is 5.56 Å². The normalized spacial score (nSPS) is 10.8. The Kier molecular flexibility index (Phi) is 1.89. The van der Waals surface area contributed by atoms with Gasteiger partial charge in [-0.1, -0.05) is 0 Å². The Bertz CT molecular complexity index is 557. The van der Waals surface area contributed by atoms with Gasteiger partial charge < -0.3 is 15.3 Å². The first kappa shape index (κ1) is 9.51. The van der Waals surface area contributed by atoms with E-state index in [4.69, 9.17) is 15.3 Å². The average Bonchev–Trinajstić information content (AvgIpc) is 2.53. The first-order chi connectivity index (χ1) is 7.00. The van der Waals surface area contributed by atoms with E-state index in [1.165, 1.54) is 0 Å². The van der Waals surface area contributed by atoms with Crippen molar-refractivity contribution < 1.29 is 14.3 Å². The number of nitrogens with two attached hydrogens (primary N) is 1. The highest BCUT2D eigenvalue weighted by Gasteiger charge is 2.16. The quantitative estimate of drug-likeness (QED) is 0.741. The van der Waals surface area contributed by atoms with Gasteiger partial charge in [-0.3, -0.25) is 0 Å². The van der Waals surface area contributed by atoms with Crippen LogP contribution in [0.25, 0.3) is 11.1 Å². The molecule has 2 aromatic rings. The number of carboxylic acids is 1. The Morgan fingerprint density at radius 3 is 2.80 bits per heavy atom. The van der Waals surface area contributed by atoms with Gasteiger partial charge in [0.05, 0.1) is 5.56 Å². The number of hydrogen-bond donors (Lipinski definition) is 2. The third-order valence-electron chi connectivity index (χ3n) is 2.35. The maximum Gasteiger partial charge on any atom is 0.336 e. The molecule has 0 radical (unpaired) electrons. The fraction of sp³-hybridized carbons (Fsp3) is 0.200. The molecule has 1 aromatic carbocycles. The van der Waals surface area contributed by atoms with E-state index >= 15 is 0 Å². The van der Waals surface area contributed by atoms with Gasteiger partial charge in [-0.15, -0.1) is 0 Å². The Hall–Kier alpha value is -2.04. The van der Waals surface area contributed by atoms with E-state index in [-0.39, 0.29) is 11.6 Å². The number of benzene rings is 1. The predicted octanol–water partition coefficient (Wildman–Crippen LogP) is 1.73. The molecule has 0 fully saturated rings. The van der Waals surface area contributed by atoms with Crippen LogP contribution in [0.15, 0.2) is 10.5 Å². The van der Waals surface area contributed by atoms with Gasteiger partial charge in [0, 0.05) is 0 Å². The summed E-state index contributed by atoms with van der Waals surface area (Å²) in [6, 6.07) is 1.61. The Morgan fingerprint density at radius 1 is 1.53 bits per heavy atom. The van der Waals surface area contributed by atoms with Gasteiger partial charge in [0.15, 0.2) is 5.58 Å². The molecule has 0 amide bonds. The summed E-state index contributed by atoms with van der Waals surface area (Å²) < 4.78 is 5.19. The molecule has 2 rings (SSSR count). The van der Waals surface area contributed by atoms with Gasteiger partial charge in [-0.05, 0) is 31.0 Å². The molecular weight excluding hydrogens is 196 g/mol. The zero-order valence-electron chi connectivity index (χ0n) is 8.37. The smallest absolute Gasteiger partial charge is 0.336 e. The van der Waals surface area contributed by atoms with Gasteiger partial charge >= 0.3 is 5.97 Å². The van der Waals surface area contributed by atoms with Crippen LogP contribution >= 0.6 is 0 Å². The zero-order chi connectivity index (χ0) is 11.2. The second kappa shape index (κ2) is 2.98. The predicted molar refractivity (Wildman–Crippen MR) is 54.9 cm³/mol. The summed E-state index contributed by atoms with van der Waals surface area (Å²) in [5.74, 6) is -0.973. The van der Waals surface area contributed by atoms with Crippen molar-refractivity contribution in [2.45, 2.75) is 13.8 Å². The van der Waals surface area contributed by atoms with Crippen LogP contribution in [0.5, 0.6) is 0 Å². The van der Waals surface area contributed by atoms with E-state index in [0.29, 0.717) is 16.7 Å². The summed E-state index contributed by atoms with van der Waals surface area (Å²) in [4.78, 5) is 14.9. The van der Waals surface area contributed by atoms with Gasteiger partial charge in [0.1, 0.15) is 5.52 Å². The van der Waals surface area contributed by atoms with Crippen molar-refractivity contribution in [3.8, 4) is 0 Å². The van der Waals surface area contributed by atoms with Crippen molar-refractivity contribution in [2.75, 3.05) is 5.73 Å². The highest BCUT2D eigenvalue weighted by atomic mass is 16.4. The summed E-state index contributed by atoms with van der Waals surface area (Å²) in [7, 11) is 0. The molecule has 0 aliphatic carbocycles. The van der Waals surface area contributed by atoms with Crippen molar-refractivity contribution in [1.82, 2.24) is 4.98 Å². The first-order valence-electron chi connectivity index (χ1n) is 4.40. The molecule has 0 atom stereocenters. The molecule has 15 heavy (non-hydrogen) atoms. The minimum absolute atomic E-state index is 0.0544. The zero-order valence-corrected chi connectivity index (χ0v) is 8.37. The number of aromatic nitrogens is 1. The van der Waals surface area contributed by atoms with Crippen LogP contribution in [0.3, 0.4) is 0 Å². The molecule has 1 aromatic heterocycles. The SMILES string of the molecule is Cc1c(C(=O)O)cc(C)c2oc(N)nc12. The van der Waals surface area contributed by atoms with Crippen LogP contribution < -0.4 is 5.73 Å². The maximum atomic E-state index is 10.9. The number of anilines is 1. The molecular formula is C10H10N2O3. The number of carboxylic acid groups (broad SMARTS) is 1. The standard InChI is InChI=1S/C10H10N2O3/c1-4-3-6(9(13)14)5(2)7-8(4)15-10(11)12-7/h3H,1-2H3,(H2,11,12)(H,13,14). The van der Waals surface area contributed by atoms with Crippen LogP contribution in [0.2, 0.25) is 0 Å². The van der Waals surface area contributed by atoms with Gasteiger partial charge in [-0.2, -0.15) is 4.98 Å². The van der Waals surface area contributed by atoms with Crippen molar-refractivity contribution in [3.05, 3.63) is 22.8 Å². The van der Waals surface area contributed by atoms with Crippen molar-refractivity contribution in [3.63, 3.8) is 0 Å². The maximum absolute atomic E-state index is 10.9. The number of aromatic carboxylic acids is 1. The molecule has 0 saturated heterocycles. The van der Waals surface area contributed by atoms with Gasteiger partial charge in [0.25, 0.3) is 6.01 Å². The summed E-state index contributed by atoms with van der Waals surface area (Å²) in [5.41, 5.74) is 8.02. The summed E-state index contributed by atoms with van der Waals surface area (Å²) >= 11 is 0. The third kappa shape index (κ3) is 1.32. The lowest BCUT2D eigenvalue weighted by Crippen LogP contribution is -2.01. The van der Waals surface area contributed by atoms with Crippen molar-refractivity contribution >= 4 is 23.1 Å².